The minimum Gasteiger partial charge on any atom is -0.504 e. The van der Waals surface area contributed by atoms with Gasteiger partial charge in [-0.25, -0.2) is 8.42 Å². The Hall–Kier alpha value is -2.80. The van der Waals surface area contributed by atoms with Crippen molar-refractivity contribution in [2.75, 3.05) is 18.1 Å². The van der Waals surface area contributed by atoms with E-state index in [4.69, 9.17) is 4.74 Å². The van der Waals surface area contributed by atoms with Crippen LogP contribution in [0.5, 0.6) is 11.5 Å². The first-order chi connectivity index (χ1) is 11.3. The molecule has 2 rings (SSSR count). The number of hydrogen-bond acceptors (Lipinski definition) is 5. The zero-order valence-corrected chi connectivity index (χ0v) is 14.0. The Morgan fingerprint density at radius 1 is 1.17 bits per heavy atom. The van der Waals surface area contributed by atoms with Crippen molar-refractivity contribution in [3.8, 4) is 11.5 Å². The number of nitrogens with one attached hydrogen (secondary N) is 1. The highest BCUT2D eigenvalue weighted by Crippen LogP contribution is 2.26. The van der Waals surface area contributed by atoms with E-state index in [1.54, 1.807) is 18.2 Å². The predicted molar refractivity (Wildman–Crippen MR) is 92.9 cm³/mol. The Labute approximate surface area is 140 Å². The van der Waals surface area contributed by atoms with Gasteiger partial charge >= 0.3 is 0 Å². The SMILES string of the molecule is COc1cc(/C=C\C(=O)c2ccc(NS(C)(=O)=O)cc2)ccc1O. The number of allylic oxidation sites excluding steroid dienone is 1. The second-order valence-electron chi connectivity index (χ2n) is 5.08. The molecule has 0 aliphatic rings. The molecular weight excluding hydrogens is 330 g/mol. The van der Waals surface area contributed by atoms with Crippen LogP contribution in [-0.4, -0.2) is 32.7 Å². The fraction of sp³-hybridized carbons (Fsp3) is 0.118. The maximum absolute atomic E-state index is 12.1. The van der Waals surface area contributed by atoms with Crippen LogP contribution in [-0.2, 0) is 10.0 Å². The first kappa shape index (κ1) is 17.6. The molecule has 0 bridgehead atoms. The quantitative estimate of drug-likeness (QED) is 0.619. The zero-order valence-electron chi connectivity index (χ0n) is 13.2. The number of ketones is 1. The second-order valence-corrected chi connectivity index (χ2v) is 6.83. The lowest BCUT2D eigenvalue weighted by Gasteiger charge is -2.04. The molecule has 0 atom stereocenters. The second kappa shape index (κ2) is 7.18. The van der Waals surface area contributed by atoms with E-state index in [1.165, 1.54) is 43.5 Å². The van der Waals surface area contributed by atoms with E-state index in [0.29, 0.717) is 22.6 Å². The van der Waals surface area contributed by atoms with Crippen molar-refractivity contribution in [1.29, 1.82) is 0 Å². The molecule has 0 heterocycles. The molecule has 0 unspecified atom stereocenters. The molecule has 2 N–H and O–H groups in total. The van der Waals surface area contributed by atoms with E-state index < -0.39 is 10.0 Å². The first-order valence-electron chi connectivity index (χ1n) is 6.96. The Morgan fingerprint density at radius 3 is 2.42 bits per heavy atom. The van der Waals surface area contributed by atoms with E-state index >= 15 is 0 Å². The van der Waals surface area contributed by atoms with E-state index in [-0.39, 0.29) is 11.5 Å². The fourth-order valence-electron chi connectivity index (χ4n) is 1.98. The lowest BCUT2D eigenvalue weighted by molar-refractivity contribution is 0.104. The number of phenolic OH excluding ortho intramolecular Hbond substituents is 1. The summed E-state index contributed by atoms with van der Waals surface area (Å²) in [6.07, 6.45) is 4.05. The predicted octanol–water partition coefficient (Wildman–Crippen LogP) is 2.67. The average Bonchev–Trinajstić information content (AvgIpc) is 2.53. The molecule has 0 fully saturated rings. The van der Waals surface area contributed by atoms with E-state index in [1.807, 2.05) is 0 Å². The highest BCUT2D eigenvalue weighted by molar-refractivity contribution is 7.92. The van der Waals surface area contributed by atoms with Crippen LogP contribution >= 0.6 is 0 Å². The number of carbonyl (C=O) groups is 1. The molecule has 0 aliphatic heterocycles. The number of phenols is 1. The zero-order chi connectivity index (χ0) is 17.7. The lowest BCUT2D eigenvalue weighted by atomic mass is 10.1. The molecule has 0 radical (unpaired) electrons. The topological polar surface area (TPSA) is 92.7 Å². The average molecular weight is 347 g/mol. The van der Waals surface area contributed by atoms with Gasteiger partial charge in [-0.15, -0.1) is 0 Å². The van der Waals surface area contributed by atoms with Gasteiger partial charge in [0.15, 0.2) is 17.3 Å². The summed E-state index contributed by atoms with van der Waals surface area (Å²) in [5.74, 6) is 0.115. The molecule has 0 aromatic heterocycles. The standard InChI is InChI=1S/C17H17NO5S/c1-23-17-11-12(4-10-16(17)20)3-9-15(19)13-5-7-14(8-6-13)18-24(2,21)22/h3-11,18,20H,1-2H3/b9-3-. The summed E-state index contributed by atoms with van der Waals surface area (Å²) >= 11 is 0. The number of rotatable bonds is 6. The van der Waals surface area contributed by atoms with Crippen molar-refractivity contribution in [2.45, 2.75) is 0 Å². The van der Waals surface area contributed by atoms with Crippen LogP contribution in [0.2, 0.25) is 0 Å². The molecule has 126 valence electrons. The van der Waals surface area contributed by atoms with Gasteiger partial charge < -0.3 is 9.84 Å². The van der Waals surface area contributed by atoms with Crippen molar-refractivity contribution < 1.29 is 23.1 Å². The number of methoxy groups -OCH3 is 1. The lowest BCUT2D eigenvalue weighted by Crippen LogP contribution is -2.09. The smallest absolute Gasteiger partial charge is 0.229 e. The number of sulfonamides is 1. The van der Waals surface area contributed by atoms with Crippen molar-refractivity contribution >= 4 is 27.6 Å². The van der Waals surface area contributed by atoms with E-state index in [9.17, 15) is 18.3 Å². The molecule has 0 amide bonds. The number of hydrogen-bond donors (Lipinski definition) is 2. The van der Waals surface area contributed by atoms with Gasteiger partial charge in [0, 0.05) is 11.3 Å². The molecule has 0 aliphatic carbocycles. The number of carbonyl (C=O) groups excluding carboxylic acids is 1. The van der Waals surface area contributed by atoms with Crippen molar-refractivity contribution in [2.24, 2.45) is 0 Å². The van der Waals surface area contributed by atoms with Gasteiger partial charge in [0.25, 0.3) is 0 Å². The molecule has 24 heavy (non-hydrogen) atoms. The maximum Gasteiger partial charge on any atom is 0.229 e. The Kier molecular flexibility index (Phi) is 5.25. The third-order valence-electron chi connectivity index (χ3n) is 3.10. The van der Waals surface area contributed by atoms with Gasteiger partial charge in [-0.2, -0.15) is 0 Å². The highest BCUT2D eigenvalue weighted by atomic mass is 32.2. The molecule has 2 aromatic rings. The minimum absolute atomic E-state index is 0.0231. The summed E-state index contributed by atoms with van der Waals surface area (Å²) in [4.78, 5) is 12.1. The Bertz CT molecular complexity index is 870. The van der Waals surface area contributed by atoms with Gasteiger partial charge in [0.2, 0.25) is 10.0 Å². The summed E-state index contributed by atoms with van der Waals surface area (Å²) < 4.78 is 29.6. The Morgan fingerprint density at radius 2 is 1.83 bits per heavy atom. The van der Waals surface area contributed by atoms with Gasteiger partial charge in [-0.1, -0.05) is 12.1 Å². The van der Waals surface area contributed by atoms with E-state index in [2.05, 4.69) is 4.72 Å². The molecule has 2 aromatic carbocycles. The van der Waals surface area contributed by atoms with Crippen LogP contribution in [0, 0.1) is 0 Å². The van der Waals surface area contributed by atoms with Crippen LogP contribution in [0.4, 0.5) is 5.69 Å². The van der Waals surface area contributed by atoms with Crippen molar-refractivity contribution in [1.82, 2.24) is 0 Å². The maximum atomic E-state index is 12.1. The van der Waals surface area contributed by atoms with Crippen LogP contribution in [0.3, 0.4) is 0 Å². The molecule has 0 saturated heterocycles. The molecule has 7 heteroatoms. The summed E-state index contributed by atoms with van der Waals surface area (Å²) in [5, 5.41) is 9.53. The van der Waals surface area contributed by atoms with E-state index in [0.717, 1.165) is 6.26 Å². The van der Waals surface area contributed by atoms with Crippen LogP contribution in [0.15, 0.2) is 48.5 Å². The molecule has 0 saturated carbocycles. The molecule has 6 nitrogen and oxygen atoms in total. The number of anilines is 1. The highest BCUT2D eigenvalue weighted by Gasteiger charge is 2.05. The van der Waals surface area contributed by atoms with Crippen molar-refractivity contribution in [3.63, 3.8) is 0 Å². The monoisotopic (exact) mass is 347 g/mol. The normalized spacial score (nSPS) is 11.4. The molecule has 0 spiro atoms. The summed E-state index contributed by atoms with van der Waals surface area (Å²) in [5.41, 5.74) is 1.52. The van der Waals surface area contributed by atoms with Crippen LogP contribution < -0.4 is 9.46 Å². The number of aromatic hydroxyl groups is 1. The fourth-order valence-corrected chi connectivity index (χ4v) is 2.55. The summed E-state index contributed by atoms with van der Waals surface area (Å²) in [6, 6.07) is 10.9. The largest absolute Gasteiger partial charge is 0.504 e. The minimum atomic E-state index is -3.35. The van der Waals surface area contributed by atoms with Crippen LogP contribution in [0.1, 0.15) is 15.9 Å². The third kappa shape index (κ3) is 4.85. The number of ether oxygens (including phenoxy) is 1. The third-order valence-corrected chi connectivity index (χ3v) is 3.71. The van der Waals surface area contributed by atoms with Crippen LogP contribution in [0.25, 0.3) is 6.08 Å². The summed E-state index contributed by atoms with van der Waals surface area (Å²) in [7, 11) is -1.90. The molecular formula is C17H17NO5S. The Balaban J connectivity index is 2.12. The van der Waals surface area contributed by atoms with Gasteiger partial charge in [-0.05, 0) is 48.0 Å². The first-order valence-corrected chi connectivity index (χ1v) is 8.85. The summed E-state index contributed by atoms with van der Waals surface area (Å²) in [6.45, 7) is 0. The van der Waals surface area contributed by atoms with Gasteiger partial charge in [0.05, 0.1) is 13.4 Å². The van der Waals surface area contributed by atoms with Crippen molar-refractivity contribution in [3.05, 3.63) is 59.7 Å². The van der Waals surface area contributed by atoms with Gasteiger partial charge in [-0.3, -0.25) is 9.52 Å². The number of benzene rings is 2. The van der Waals surface area contributed by atoms with Gasteiger partial charge in [0.1, 0.15) is 0 Å².